The molecule has 0 spiro atoms. The molecule has 0 radical (unpaired) electrons. The molecule has 4 rings (SSSR count). The number of hydrogen-bond acceptors (Lipinski definition) is 3. The maximum Gasteiger partial charge on any atom is 0.247 e. The number of likely N-dealkylation sites (tertiary alicyclic amines) is 1. The lowest BCUT2D eigenvalue weighted by molar-refractivity contribution is -0.140. The highest BCUT2D eigenvalue weighted by Crippen LogP contribution is 2.29. The molecule has 2 aliphatic heterocycles. The van der Waals surface area contributed by atoms with Crippen LogP contribution in [0, 0.1) is 0 Å². The molecular formula is C23H27N3O2. The molecule has 2 aromatic carbocycles. The average molecular weight is 377 g/mol. The molecule has 28 heavy (non-hydrogen) atoms. The van der Waals surface area contributed by atoms with Crippen molar-refractivity contribution < 1.29 is 9.59 Å². The summed E-state index contributed by atoms with van der Waals surface area (Å²) in [5, 5.41) is 3.21. The van der Waals surface area contributed by atoms with Crippen molar-refractivity contribution >= 4 is 11.8 Å². The Morgan fingerprint density at radius 1 is 1.04 bits per heavy atom. The zero-order valence-electron chi connectivity index (χ0n) is 16.3. The van der Waals surface area contributed by atoms with E-state index in [9.17, 15) is 9.59 Å². The maximum atomic E-state index is 13.0. The Balaban J connectivity index is 1.36. The van der Waals surface area contributed by atoms with Gasteiger partial charge in [0.05, 0.1) is 6.42 Å². The van der Waals surface area contributed by atoms with Crippen LogP contribution in [0.5, 0.6) is 0 Å². The monoisotopic (exact) mass is 377 g/mol. The number of carbonyl (C=O) groups excluding carboxylic acids is 2. The van der Waals surface area contributed by atoms with Gasteiger partial charge in [0.1, 0.15) is 6.04 Å². The first-order valence-electron chi connectivity index (χ1n) is 10.0. The van der Waals surface area contributed by atoms with Crippen LogP contribution in [0.1, 0.15) is 35.6 Å². The lowest BCUT2D eigenvalue weighted by Gasteiger charge is -2.36. The van der Waals surface area contributed by atoms with Gasteiger partial charge in [-0.25, -0.2) is 0 Å². The van der Waals surface area contributed by atoms with E-state index in [0.717, 1.165) is 43.6 Å². The molecule has 1 atom stereocenters. The van der Waals surface area contributed by atoms with Crippen molar-refractivity contribution in [2.24, 2.45) is 0 Å². The first kappa shape index (κ1) is 18.7. The zero-order chi connectivity index (χ0) is 19.5. The number of fused-ring (bicyclic) bond motifs is 1. The Morgan fingerprint density at radius 2 is 1.71 bits per heavy atom. The number of likely N-dealkylation sites (N-methyl/N-ethyl adjacent to an activating group) is 1. The normalized spacial score (nSPS) is 20.7. The minimum Gasteiger partial charge on any atom is -0.351 e. The van der Waals surface area contributed by atoms with Crippen molar-refractivity contribution in [1.29, 1.82) is 0 Å². The summed E-state index contributed by atoms with van der Waals surface area (Å²) in [6.07, 6.45) is 2.24. The summed E-state index contributed by atoms with van der Waals surface area (Å²) in [6, 6.07) is 17.9. The molecule has 0 aliphatic carbocycles. The smallest absolute Gasteiger partial charge is 0.247 e. The average Bonchev–Trinajstić information content (AvgIpc) is 2.71. The summed E-state index contributed by atoms with van der Waals surface area (Å²) >= 11 is 0. The molecule has 1 saturated heterocycles. The van der Waals surface area contributed by atoms with Gasteiger partial charge in [0, 0.05) is 32.7 Å². The third-order valence-corrected chi connectivity index (χ3v) is 5.90. The van der Waals surface area contributed by atoms with Gasteiger partial charge in [-0.15, -0.1) is 0 Å². The molecule has 2 heterocycles. The predicted octanol–water partition coefficient (Wildman–Crippen LogP) is 2.52. The first-order chi connectivity index (χ1) is 13.6. The molecule has 2 aliphatic rings. The van der Waals surface area contributed by atoms with Crippen LogP contribution in [-0.4, -0.2) is 47.8 Å². The molecule has 0 unspecified atom stereocenters. The molecule has 5 heteroatoms. The Morgan fingerprint density at radius 3 is 2.46 bits per heavy atom. The van der Waals surface area contributed by atoms with Crippen LogP contribution in [0.3, 0.4) is 0 Å². The second-order valence-corrected chi connectivity index (χ2v) is 7.83. The van der Waals surface area contributed by atoms with E-state index in [1.807, 2.05) is 30.3 Å². The van der Waals surface area contributed by atoms with Crippen LogP contribution in [0.25, 0.3) is 0 Å². The van der Waals surface area contributed by atoms with E-state index in [1.165, 1.54) is 5.56 Å². The van der Waals surface area contributed by atoms with Crippen LogP contribution in [0.15, 0.2) is 54.6 Å². The van der Waals surface area contributed by atoms with Crippen molar-refractivity contribution in [3.8, 4) is 0 Å². The van der Waals surface area contributed by atoms with E-state index in [2.05, 4.69) is 34.5 Å². The fraction of sp³-hybridized carbons (Fsp3) is 0.391. The van der Waals surface area contributed by atoms with Gasteiger partial charge in [-0.2, -0.15) is 0 Å². The Labute approximate surface area is 166 Å². The van der Waals surface area contributed by atoms with Crippen LogP contribution in [0.4, 0.5) is 0 Å². The van der Waals surface area contributed by atoms with Gasteiger partial charge in [0.25, 0.3) is 0 Å². The number of nitrogens with one attached hydrogen (secondary N) is 1. The topological polar surface area (TPSA) is 52.7 Å². The van der Waals surface area contributed by atoms with E-state index >= 15 is 0 Å². The van der Waals surface area contributed by atoms with Crippen molar-refractivity contribution in [1.82, 2.24) is 15.1 Å². The van der Waals surface area contributed by atoms with Gasteiger partial charge < -0.3 is 10.2 Å². The van der Waals surface area contributed by atoms with Gasteiger partial charge >= 0.3 is 0 Å². The van der Waals surface area contributed by atoms with Crippen LogP contribution in [0.2, 0.25) is 0 Å². The first-order valence-corrected chi connectivity index (χ1v) is 10.0. The fourth-order valence-corrected chi connectivity index (χ4v) is 4.28. The molecule has 2 aromatic rings. The molecular weight excluding hydrogens is 350 g/mol. The van der Waals surface area contributed by atoms with Crippen LogP contribution >= 0.6 is 0 Å². The van der Waals surface area contributed by atoms with E-state index in [0.29, 0.717) is 6.42 Å². The number of piperidine rings is 1. The third kappa shape index (κ3) is 3.94. The number of carbonyl (C=O) groups is 2. The highest BCUT2D eigenvalue weighted by molar-refractivity contribution is 5.92. The molecule has 0 bridgehead atoms. The predicted molar refractivity (Wildman–Crippen MR) is 109 cm³/mol. The molecule has 0 aromatic heterocycles. The summed E-state index contributed by atoms with van der Waals surface area (Å²) in [5.74, 6) is -0.0685. The molecule has 1 fully saturated rings. The van der Waals surface area contributed by atoms with Crippen molar-refractivity contribution in [3.63, 3.8) is 0 Å². The quantitative estimate of drug-likeness (QED) is 0.891. The SMILES string of the molecule is CN1C(=O)Cc2ccccc2[C@H]1C(=O)NC1CCN(Cc2ccccc2)CC1. The Kier molecular flexibility index (Phi) is 5.44. The largest absolute Gasteiger partial charge is 0.351 e. The van der Waals surface area contributed by atoms with Gasteiger partial charge in [-0.05, 0) is 29.5 Å². The Hall–Kier alpha value is -2.66. The minimum absolute atomic E-state index is 0.00321. The number of rotatable bonds is 4. The molecule has 5 nitrogen and oxygen atoms in total. The van der Waals surface area contributed by atoms with Gasteiger partial charge in [-0.3, -0.25) is 14.5 Å². The number of hydrogen-bond donors (Lipinski definition) is 1. The summed E-state index contributed by atoms with van der Waals surface area (Å²) in [6.45, 7) is 2.89. The minimum atomic E-state index is -0.528. The van der Waals surface area contributed by atoms with Crippen LogP contribution < -0.4 is 5.32 Å². The molecule has 0 saturated carbocycles. The van der Waals surface area contributed by atoms with Gasteiger partial charge in [0.15, 0.2) is 0 Å². The highest BCUT2D eigenvalue weighted by atomic mass is 16.2. The lowest BCUT2D eigenvalue weighted by Crippen LogP contribution is -2.50. The number of nitrogens with zero attached hydrogens (tertiary/aromatic N) is 2. The van der Waals surface area contributed by atoms with Gasteiger partial charge in [-0.1, -0.05) is 54.6 Å². The molecule has 1 N–H and O–H groups in total. The second-order valence-electron chi connectivity index (χ2n) is 7.83. The van der Waals surface area contributed by atoms with Crippen LogP contribution in [-0.2, 0) is 22.6 Å². The Bertz CT molecular complexity index is 844. The zero-order valence-corrected chi connectivity index (χ0v) is 16.3. The molecule has 2 amide bonds. The van der Waals surface area contributed by atoms with Crippen molar-refractivity contribution in [2.75, 3.05) is 20.1 Å². The number of amides is 2. The maximum absolute atomic E-state index is 13.0. The summed E-state index contributed by atoms with van der Waals surface area (Å²) in [5.41, 5.74) is 3.23. The number of benzene rings is 2. The summed E-state index contributed by atoms with van der Waals surface area (Å²) < 4.78 is 0. The summed E-state index contributed by atoms with van der Waals surface area (Å²) in [4.78, 5) is 29.4. The molecule has 146 valence electrons. The third-order valence-electron chi connectivity index (χ3n) is 5.90. The van der Waals surface area contributed by atoms with E-state index in [4.69, 9.17) is 0 Å². The van der Waals surface area contributed by atoms with E-state index in [-0.39, 0.29) is 17.9 Å². The fourth-order valence-electron chi connectivity index (χ4n) is 4.28. The van der Waals surface area contributed by atoms with E-state index < -0.39 is 6.04 Å². The van der Waals surface area contributed by atoms with Crippen molar-refractivity contribution in [2.45, 2.75) is 37.9 Å². The lowest BCUT2D eigenvalue weighted by atomic mass is 9.91. The summed E-state index contributed by atoms with van der Waals surface area (Å²) in [7, 11) is 1.73. The van der Waals surface area contributed by atoms with Crippen molar-refractivity contribution in [3.05, 3.63) is 71.3 Å². The highest BCUT2D eigenvalue weighted by Gasteiger charge is 2.35. The van der Waals surface area contributed by atoms with Gasteiger partial charge in [0.2, 0.25) is 11.8 Å². The van der Waals surface area contributed by atoms with E-state index in [1.54, 1.807) is 11.9 Å². The second kappa shape index (κ2) is 8.15. The standard InChI is InChI=1S/C23H27N3O2/c1-25-21(27)15-18-9-5-6-10-20(18)22(25)23(28)24-19-11-13-26(14-12-19)16-17-7-3-2-4-8-17/h2-10,19,22H,11-16H2,1H3,(H,24,28)/t22-/m0/s1.